The average molecular weight is 290 g/mol. The van der Waals surface area contributed by atoms with Gasteiger partial charge in [-0.3, -0.25) is 4.72 Å². The van der Waals surface area contributed by atoms with Crippen molar-refractivity contribution in [3.05, 3.63) is 29.6 Å². The van der Waals surface area contributed by atoms with Gasteiger partial charge in [0.05, 0.1) is 11.3 Å². The molecule has 0 amide bonds. The van der Waals surface area contributed by atoms with Crippen molar-refractivity contribution >= 4 is 21.7 Å². The standard InChI is InChI=1S/C10H15FN4O3S/c1-2-6-13-19(17,18)15-8-5-3-4-7(11)9(8)10(12)14-16/h3-5,13,15-16H,2,6H2,1H3,(H2,12,14). The number of halogens is 1. The minimum Gasteiger partial charge on any atom is -0.409 e. The Kier molecular flexibility index (Phi) is 5.07. The molecule has 0 unspecified atom stereocenters. The van der Waals surface area contributed by atoms with Crippen LogP contribution in [0.25, 0.3) is 0 Å². The zero-order chi connectivity index (χ0) is 14.5. The molecule has 0 spiro atoms. The second-order valence-corrected chi connectivity index (χ2v) is 5.15. The van der Waals surface area contributed by atoms with Crippen molar-refractivity contribution in [3.63, 3.8) is 0 Å². The minimum absolute atomic E-state index is 0.112. The molecule has 1 aromatic carbocycles. The van der Waals surface area contributed by atoms with Crippen LogP contribution in [0.2, 0.25) is 0 Å². The molecule has 9 heteroatoms. The quantitative estimate of drug-likeness (QED) is 0.265. The summed E-state index contributed by atoms with van der Waals surface area (Å²) in [6.07, 6.45) is 0.608. The van der Waals surface area contributed by atoms with E-state index >= 15 is 0 Å². The van der Waals surface area contributed by atoms with Gasteiger partial charge in [-0.2, -0.15) is 13.1 Å². The summed E-state index contributed by atoms with van der Waals surface area (Å²) in [5, 5.41) is 11.3. The first-order valence-corrected chi connectivity index (χ1v) is 6.93. The van der Waals surface area contributed by atoms with Crippen LogP contribution in [0.5, 0.6) is 0 Å². The predicted molar refractivity (Wildman–Crippen MR) is 69.7 cm³/mol. The summed E-state index contributed by atoms with van der Waals surface area (Å²) >= 11 is 0. The summed E-state index contributed by atoms with van der Waals surface area (Å²) in [5.41, 5.74) is 4.89. The number of amidine groups is 1. The number of nitrogens with one attached hydrogen (secondary N) is 2. The van der Waals surface area contributed by atoms with Gasteiger partial charge in [0.25, 0.3) is 10.2 Å². The summed E-state index contributed by atoms with van der Waals surface area (Å²) in [5.74, 6) is -1.32. The Bertz CT molecular complexity index is 574. The maximum Gasteiger partial charge on any atom is 0.299 e. The van der Waals surface area contributed by atoms with Gasteiger partial charge in [-0.05, 0) is 18.6 Å². The monoisotopic (exact) mass is 290 g/mol. The van der Waals surface area contributed by atoms with E-state index in [0.717, 1.165) is 6.07 Å². The maximum atomic E-state index is 13.6. The Hall–Kier alpha value is -1.87. The van der Waals surface area contributed by atoms with Crippen LogP contribution >= 0.6 is 0 Å². The molecule has 0 saturated heterocycles. The zero-order valence-corrected chi connectivity index (χ0v) is 11.0. The van der Waals surface area contributed by atoms with Crippen LogP contribution in [0.15, 0.2) is 23.4 Å². The molecule has 0 heterocycles. The van der Waals surface area contributed by atoms with Gasteiger partial charge in [0.2, 0.25) is 0 Å². The van der Waals surface area contributed by atoms with Crippen molar-refractivity contribution < 1.29 is 18.0 Å². The molecule has 7 nitrogen and oxygen atoms in total. The van der Waals surface area contributed by atoms with Crippen molar-refractivity contribution in [3.8, 4) is 0 Å². The highest BCUT2D eigenvalue weighted by atomic mass is 32.2. The third kappa shape index (κ3) is 4.07. The highest BCUT2D eigenvalue weighted by Gasteiger charge is 2.17. The van der Waals surface area contributed by atoms with E-state index in [1.54, 1.807) is 6.92 Å². The Morgan fingerprint density at radius 1 is 1.53 bits per heavy atom. The van der Waals surface area contributed by atoms with Gasteiger partial charge in [-0.1, -0.05) is 18.1 Å². The van der Waals surface area contributed by atoms with E-state index in [2.05, 4.69) is 14.6 Å². The second-order valence-electron chi connectivity index (χ2n) is 3.65. The van der Waals surface area contributed by atoms with Gasteiger partial charge in [0.1, 0.15) is 5.82 Å². The van der Waals surface area contributed by atoms with E-state index in [-0.39, 0.29) is 17.8 Å². The number of oxime groups is 1. The maximum absolute atomic E-state index is 13.6. The van der Waals surface area contributed by atoms with E-state index in [1.807, 2.05) is 0 Å². The van der Waals surface area contributed by atoms with Crippen LogP contribution in [0.1, 0.15) is 18.9 Å². The lowest BCUT2D eigenvalue weighted by atomic mass is 10.1. The number of nitrogens with zero attached hydrogens (tertiary/aromatic N) is 1. The van der Waals surface area contributed by atoms with Gasteiger partial charge in [0.15, 0.2) is 5.84 Å². The van der Waals surface area contributed by atoms with E-state index < -0.39 is 21.9 Å². The summed E-state index contributed by atoms with van der Waals surface area (Å²) in [4.78, 5) is 0. The molecular weight excluding hydrogens is 275 g/mol. The van der Waals surface area contributed by atoms with Crippen LogP contribution in [0.4, 0.5) is 10.1 Å². The molecule has 0 aliphatic heterocycles. The number of hydrogen-bond donors (Lipinski definition) is 4. The number of benzene rings is 1. The Labute approximate surface area is 110 Å². The molecule has 0 aromatic heterocycles. The first-order chi connectivity index (χ1) is 8.91. The molecular formula is C10H15FN4O3S. The molecule has 5 N–H and O–H groups in total. The van der Waals surface area contributed by atoms with E-state index in [1.165, 1.54) is 12.1 Å². The highest BCUT2D eigenvalue weighted by molar-refractivity contribution is 7.90. The van der Waals surface area contributed by atoms with Crippen molar-refractivity contribution in [1.82, 2.24) is 4.72 Å². The fourth-order valence-electron chi connectivity index (χ4n) is 1.34. The van der Waals surface area contributed by atoms with Gasteiger partial charge >= 0.3 is 0 Å². The third-order valence-corrected chi connectivity index (χ3v) is 3.24. The summed E-state index contributed by atoms with van der Waals surface area (Å²) in [6, 6.07) is 3.69. The minimum atomic E-state index is -3.84. The van der Waals surface area contributed by atoms with Crippen molar-refractivity contribution in [2.45, 2.75) is 13.3 Å². The van der Waals surface area contributed by atoms with Crippen LogP contribution in [-0.2, 0) is 10.2 Å². The number of hydrogen-bond acceptors (Lipinski definition) is 4. The molecule has 106 valence electrons. The molecule has 1 rings (SSSR count). The zero-order valence-electron chi connectivity index (χ0n) is 10.2. The summed E-state index contributed by atoms with van der Waals surface area (Å²) in [6.45, 7) is 2.04. The SMILES string of the molecule is CCCNS(=O)(=O)Nc1cccc(F)c1/C(N)=N/O. The molecule has 0 bridgehead atoms. The van der Waals surface area contributed by atoms with Crippen molar-refractivity contribution in [2.75, 3.05) is 11.3 Å². The number of anilines is 1. The summed E-state index contributed by atoms with van der Waals surface area (Å²) in [7, 11) is -3.84. The molecule has 0 aliphatic carbocycles. The lowest BCUT2D eigenvalue weighted by molar-refractivity contribution is 0.318. The van der Waals surface area contributed by atoms with Crippen LogP contribution in [-0.4, -0.2) is 26.0 Å². The predicted octanol–water partition coefficient (Wildman–Crippen LogP) is 0.577. The lowest BCUT2D eigenvalue weighted by Crippen LogP contribution is -2.32. The normalized spacial score (nSPS) is 12.4. The number of nitrogens with two attached hydrogens (primary N) is 1. The third-order valence-electron chi connectivity index (χ3n) is 2.16. The fourth-order valence-corrected chi connectivity index (χ4v) is 2.34. The van der Waals surface area contributed by atoms with Crippen LogP contribution < -0.4 is 15.2 Å². The van der Waals surface area contributed by atoms with Crippen LogP contribution in [0.3, 0.4) is 0 Å². The van der Waals surface area contributed by atoms with E-state index in [0.29, 0.717) is 6.42 Å². The first kappa shape index (κ1) is 15.2. The van der Waals surface area contributed by atoms with E-state index in [4.69, 9.17) is 10.9 Å². The van der Waals surface area contributed by atoms with Gasteiger partial charge in [-0.25, -0.2) is 4.39 Å². The van der Waals surface area contributed by atoms with Gasteiger partial charge in [0, 0.05) is 6.54 Å². The van der Waals surface area contributed by atoms with E-state index in [9.17, 15) is 12.8 Å². The van der Waals surface area contributed by atoms with Gasteiger partial charge in [-0.15, -0.1) is 0 Å². The Balaban J connectivity index is 3.12. The van der Waals surface area contributed by atoms with Crippen molar-refractivity contribution in [2.24, 2.45) is 10.9 Å². The molecule has 0 saturated carbocycles. The second kappa shape index (κ2) is 6.34. The highest BCUT2D eigenvalue weighted by Crippen LogP contribution is 2.19. The lowest BCUT2D eigenvalue weighted by Gasteiger charge is -2.12. The average Bonchev–Trinajstić information content (AvgIpc) is 2.35. The summed E-state index contributed by atoms with van der Waals surface area (Å²) < 4.78 is 41.3. The fraction of sp³-hybridized carbons (Fsp3) is 0.300. The Morgan fingerprint density at radius 3 is 2.79 bits per heavy atom. The molecule has 0 radical (unpaired) electrons. The Morgan fingerprint density at radius 2 is 2.21 bits per heavy atom. The van der Waals surface area contributed by atoms with Gasteiger partial charge < -0.3 is 10.9 Å². The number of rotatable bonds is 6. The first-order valence-electron chi connectivity index (χ1n) is 5.45. The largest absolute Gasteiger partial charge is 0.409 e. The molecule has 19 heavy (non-hydrogen) atoms. The molecule has 1 aromatic rings. The van der Waals surface area contributed by atoms with Crippen molar-refractivity contribution in [1.29, 1.82) is 0 Å². The smallest absolute Gasteiger partial charge is 0.299 e. The molecule has 0 atom stereocenters. The molecule has 0 fully saturated rings. The topological polar surface area (TPSA) is 117 Å². The van der Waals surface area contributed by atoms with Crippen LogP contribution in [0, 0.1) is 5.82 Å². The molecule has 0 aliphatic rings.